The normalized spacial score (nSPS) is 19.4. The molecule has 4 nitrogen and oxygen atoms in total. The molecule has 2 unspecified atom stereocenters. The van der Waals surface area contributed by atoms with E-state index in [0.717, 1.165) is 24.8 Å². The van der Waals surface area contributed by atoms with E-state index in [-0.39, 0.29) is 18.6 Å². The third-order valence-corrected chi connectivity index (χ3v) is 3.53. The highest BCUT2D eigenvalue weighted by Gasteiger charge is 2.13. The van der Waals surface area contributed by atoms with E-state index in [0.29, 0.717) is 5.02 Å². The molecule has 2 amide bonds. The standard InChI is InChI=1S/C15H19ClN2O2/c16-12-8-6-11(7-9-12)14(19)10-17-15(20)18-13-4-2-1-3-5-13/h2,4,6-9,13-14,19H,1,3,5,10H2,(H2,17,18,20). The van der Waals surface area contributed by atoms with Gasteiger partial charge < -0.3 is 15.7 Å². The van der Waals surface area contributed by atoms with Gasteiger partial charge in [0.1, 0.15) is 0 Å². The number of carbonyl (C=O) groups excluding carboxylic acids is 1. The summed E-state index contributed by atoms with van der Waals surface area (Å²) in [6.45, 7) is 0.171. The molecule has 1 aromatic carbocycles. The number of urea groups is 1. The zero-order valence-corrected chi connectivity index (χ0v) is 11.9. The van der Waals surface area contributed by atoms with Crippen LogP contribution in [0.2, 0.25) is 5.02 Å². The zero-order chi connectivity index (χ0) is 14.4. The van der Waals surface area contributed by atoms with Crippen LogP contribution in [0.15, 0.2) is 36.4 Å². The molecule has 2 atom stereocenters. The largest absolute Gasteiger partial charge is 0.387 e. The number of aliphatic hydroxyl groups is 1. The molecule has 0 saturated heterocycles. The Bertz CT molecular complexity index is 473. The Kier molecular flexibility index (Phi) is 5.44. The van der Waals surface area contributed by atoms with Crippen LogP contribution in [-0.2, 0) is 0 Å². The maximum atomic E-state index is 11.7. The number of hydrogen-bond acceptors (Lipinski definition) is 2. The first-order valence-electron chi connectivity index (χ1n) is 6.79. The lowest BCUT2D eigenvalue weighted by Gasteiger charge is -2.19. The van der Waals surface area contributed by atoms with E-state index in [9.17, 15) is 9.90 Å². The molecular formula is C15H19ClN2O2. The smallest absolute Gasteiger partial charge is 0.315 e. The van der Waals surface area contributed by atoms with E-state index >= 15 is 0 Å². The molecule has 0 aromatic heterocycles. The van der Waals surface area contributed by atoms with Gasteiger partial charge in [-0.1, -0.05) is 35.9 Å². The summed E-state index contributed by atoms with van der Waals surface area (Å²) in [5.41, 5.74) is 0.729. The number of allylic oxidation sites excluding steroid dienone is 1. The molecule has 108 valence electrons. The summed E-state index contributed by atoms with van der Waals surface area (Å²) in [7, 11) is 0. The highest BCUT2D eigenvalue weighted by atomic mass is 35.5. The first-order valence-corrected chi connectivity index (χ1v) is 7.17. The fourth-order valence-corrected chi connectivity index (χ4v) is 2.27. The number of rotatable bonds is 4. The Morgan fingerprint density at radius 1 is 1.40 bits per heavy atom. The summed E-state index contributed by atoms with van der Waals surface area (Å²) in [4.78, 5) is 11.7. The first kappa shape index (κ1) is 14.9. The zero-order valence-electron chi connectivity index (χ0n) is 11.2. The first-order chi connectivity index (χ1) is 9.65. The minimum Gasteiger partial charge on any atom is -0.387 e. The molecule has 0 saturated carbocycles. The van der Waals surface area contributed by atoms with E-state index in [1.165, 1.54) is 0 Å². The minimum atomic E-state index is -0.736. The third-order valence-electron chi connectivity index (χ3n) is 3.28. The topological polar surface area (TPSA) is 61.4 Å². The number of nitrogens with one attached hydrogen (secondary N) is 2. The van der Waals surface area contributed by atoms with Crippen molar-refractivity contribution in [3.05, 3.63) is 47.0 Å². The van der Waals surface area contributed by atoms with Crippen LogP contribution in [0.3, 0.4) is 0 Å². The van der Waals surface area contributed by atoms with Gasteiger partial charge in [0.05, 0.1) is 6.10 Å². The molecule has 1 aliphatic rings. The fraction of sp³-hybridized carbons (Fsp3) is 0.400. The van der Waals surface area contributed by atoms with Gasteiger partial charge in [-0.05, 0) is 37.0 Å². The number of carbonyl (C=O) groups is 1. The maximum Gasteiger partial charge on any atom is 0.315 e. The molecule has 2 rings (SSSR count). The summed E-state index contributed by atoms with van der Waals surface area (Å²) in [5.74, 6) is 0. The highest BCUT2D eigenvalue weighted by molar-refractivity contribution is 6.30. The predicted octanol–water partition coefficient (Wildman–Crippen LogP) is 2.78. The van der Waals surface area contributed by atoms with Gasteiger partial charge in [0.25, 0.3) is 0 Å². The molecule has 0 aliphatic heterocycles. The van der Waals surface area contributed by atoms with Gasteiger partial charge in [0.15, 0.2) is 0 Å². The Balaban J connectivity index is 1.76. The Morgan fingerprint density at radius 2 is 2.15 bits per heavy atom. The molecule has 1 aromatic rings. The second kappa shape index (κ2) is 7.31. The molecule has 0 spiro atoms. The van der Waals surface area contributed by atoms with Gasteiger partial charge in [-0.3, -0.25) is 0 Å². The summed E-state index contributed by atoms with van der Waals surface area (Å²) in [5, 5.41) is 16.1. The van der Waals surface area contributed by atoms with Crippen LogP contribution in [0.5, 0.6) is 0 Å². The van der Waals surface area contributed by atoms with Gasteiger partial charge in [0.2, 0.25) is 0 Å². The van der Waals surface area contributed by atoms with Crippen molar-refractivity contribution in [3.63, 3.8) is 0 Å². The van der Waals surface area contributed by atoms with Crippen LogP contribution in [-0.4, -0.2) is 23.7 Å². The summed E-state index contributed by atoms with van der Waals surface area (Å²) < 4.78 is 0. The van der Waals surface area contributed by atoms with Gasteiger partial charge in [-0.2, -0.15) is 0 Å². The lowest BCUT2D eigenvalue weighted by Crippen LogP contribution is -2.43. The van der Waals surface area contributed by atoms with Crippen LogP contribution >= 0.6 is 11.6 Å². The monoisotopic (exact) mass is 294 g/mol. The third kappa shape index (κ3) is 4.54. The van der Waals surface area contributed by atoms with E-state index < -0.39 is 6.10 Å². The van der Waals surface area contributed by atoms with E-state index in [1.807, 2.05) is 6.08 Å². The molecule has 0 fully saturated rings. The second-order valence-electron chi connectivity index (χ2n) is 4.89. The number of hydrogen-bond donors (Lipinski definition) is 3. The lowest BCUT2D eigenvalue weighted by atomic mass is 10.0. The average Bonchev–Trinajstić information content (AvgIpc) is 2.46. The summed E-state index contributed by atoms with van der Waals surface area (Å²) in [6.07, 6.45) is 6.49. The quantitative estimate of drug-likeness (QED) is 0.748. The van der Waals surface area contributed by atoms with Crippen molar-refractivity contribution >= 4 is 17.6 Å². The lowest BCUT2D eigenvalue weighted by molar-refractivity contribution is 0.172. The number of halogens is 1. The van der Waals surface area contributed by atoms with E-state index in [1.54, 1.807) is 24.3 Å². The molecule has 20 heavy (non-hydrogen) atoms. The van der Waals surface area contributed by atoms with E-state index in [2.05, 4.69) is 16.7 Å². The molecule has 5 heteroatoms. The van der Waals surface area contributed by atoms with Crippen LogP contribution in [0, 0.1) is 0 Å². The SMILES string of the molecule is O=C(NCC(O)c1ccc(Cl)cc1)NC1C=CCCC1. The Hall–Kier alpha value is -1.52. The van der Waals surface area contributed by atoms with Crippen molar-refractivity contribution in [1.29, 1.82) is 0 Å². The molecule has 3 N–H and O–H groups in total. The van der Waals surface area contributed by atoms with Crippen molar-refractivity contribution in [2.24, 2.45) is 0 Å². The Labute approximate surface area is 123 Å². The molecule has 0 heterocycles. The van der Waals surface area contributed by atoms with Gasteiger partial charge in [-0.25, -0.2) is 4.79 Å². The van der Waals surface area contributed by atoms with Crippen molar-refractivity contribution in [2.45, 2.75) is 31.4 Å². The van der Waals surface area contributed by atoms with Gasteiger partial charge >= 0.3 is 6.03 Å². The van der Waals surface area contributed by atoms with Crippen LogP contribution in [0.1, 0.15) is 30.9 Å². The molecule has 1 aliphatic carbocycles. The number of amides is 2. The fourth-order valence-electron chi connectivity index (χ4n) is 2.14. The van der Waals surface area contributed by atoms with Crippen LogP contribution < -0.4 is 10.6 Å². The Morgan fingerprint density at radius 3 is 2.80 bits per heavy atom. The molecule has 0 radical (unpaired) electrons. The summed E-state index contributed by atoms with van der Waals surface area (Å²) >= 11 is 5.78. The highest BCUT2D eigenvalue weighted by Crippen LogP contribution is 2.15. The predicted molar refractivity (Wildman–Crippen MR) is 79.7 cm³/mol. The maximum absolute atomic E-state index is 11.7. The number of aliphatic hydroxyl groups excluding tert-OH is 1. The van der Waals surface area contributed by atoms with Crippen molar-refractivity contribution in [2.75, 3.05) is 6.54 Å². The number of benzene rings is 1. The second-order valence-corrected chi connectivity index (χ2v) is 5.32. The molecule has 0 bridgehead atoms. The van der Waals surface area contributed by atoms with Crippen molar-refractivity contribution in [3.8, 4) is 0 Å². The van der Waals surface area contributed by atoms with Gasteiger partial charge in [0, 0.05) is 17.6 Å². The summed E-state index contributed by atoms with van der Waals surface area (Å²) in [6, 6.07) is 6.76. The van der Waals surface area contributed by atoms with Crippen LogP contribution in [0.4, 0.5) is 4.79 Å². The average molecular weight is 295 g/mol. The van der Waals surface area contributed by atoms with E-state index in [4.69, 9.17) is 11.6 Å². The van der Waals surface area contributed by atoms with Crippen molar-refractivity contribution in [1.82, 2.24) is 10.6 Å². The molecular weight excluding hydrogens is 276 g/mol. The van der Waals surface area contributed by atoms with Crippen LogP contribution in [0.25, 0.3) is 0 Å². The van der Waals surface area contributed by atoms with Crippen molar-refractivity contribution < 1.29 is 9.90 Å². The van der Waals surface area contributed by atoms with Gasteiger partial charge in [-0.15, -0.1) is 0 Å². The minimum absolute atomic E-state index is 0.0939.